The highest BCUT2D eigenvalue weighted by Crippen LogP contribution is 2.74. The third-order valence-corrected chi connectivity index (χ3v) is 5.67. The first-order valence-corrected chi connectivity index (χ1v) is 6.02. The zero-order valence-electron chi connectivity index (χ0n) is 8.36. The van der Waals surface area contributed by atoms with Gasteiger partial charge in [0.15, 0.2) is 0 Å². The SMILES string of the molecule is O=C[C@]12[C@H]([C@@H]3CCC[C@@H]31)[C@H]1C=C[C@@H]2C1. The van der Waals surface area contributed by atoms with E-state index in [4.69, 9.17) is 0 Å². The minimum Gasteiger partial charge on any atom is -0.303 e. The van der Waals surface area contributed by atoms with E-state index in [1.807, 2.05) is 0 Å². The van der Waals surface area contributed by atoms with Crippen molar-refractivity contribution < 1.29 is 4.79 Å². The van der Waals surface area contributed by atoms with Crippen LogP contribution < -0.4 is 0 Å². The minimum absolute atomic E-state index is 0.126. The summed E-state index contributed by atoms with van der Waals surface area (Å²) >= 11 is 0. The summed E-state index contributed by atoms with van der Waals surface area (Å²) in [6.07, 6.45) is 11.5. The Hall–Kier alpha value is -0.590. The average molecular weight is 188 g/mol. The maximum atomic E-state index is 11.5. The van der Waals surface area contributed by atoms with Crippen molar-refractivity contribution in [2.75, 3.05) is 0 Å². The smallest absolute Gasteiger partial charge is 0.127 e. The monoisotopic (exact) mass is 188 g/mol. The molecule has 1 nitrogen and oxygen atoms in total. The molecule has 1 heteroatoms. The van der Waals surface area contributed by atoms with Gasteiger partial charge in [-0.15, -0.1) is 0 Å². The predicted molar refractivity (Wildman–Crippen MR) is 53.6 cm³/mol. The Labute approximate surface area is 84.6 Å². The van der Waals surface area contributed by atoms with Gasteiger partial charge in [-0.1, -0.05) is 18.6 Å². The molecule has 3 fully saturated rings. The van der Waals surface area contributed by atoms with E-state index in [-0.39, 0.29) is 5.41 Å². The molecule has 0 N–H and O–H groups in total. The molecular weight excluding hydrogens is 172 g/mol. The van der Waals surface area contributed by atoms with Gasteiger partial charge in [-0.25, -0.2) is 0 Å². The van der Waals surface area contributed by atoms with Gasteiger partial charge in [-0.2, -0.15) is 0 Å². The van der Waals surface area contributed by atoms with Gasteiger partial charge in [-0.3, -0.25) is 0 Å². The number of fused-ring (bicyclic) bond motifs is 8. The minimum atomic E-state index is 0.126. The Balaban J connectivity index is 1.85. The molecular formula is C13H16O. The highest BCUT2D eigenvalue weighted by atomic mass is 16.1. The lowest BCUT2D eigenvalue weighted by molar-refractivity contribution is -0.149. The van der Waals surface area contributed by atoms with Gasteiger partial charge in [0.1, 0.15) is 6.29 Å². The fourth-order valence-corrected chi connectivity index (χ4v) is 5.37. The Bertz CT molecular complexity index is 332. The first-order valence-electron chi connectivity index (χ1n) is 6.02. The fraction of sp³-hybridized carbons (Fsp3) is 0.769. The second-order valence-electron chi connectivity index (χ2n) is 5.74. The van der Waals surface area contributed by atoms with Gasteiger partial charge in [0.25, 0.3) is 0 Å². The lowest BCUT2D eigenvalue weighted by Crippen LogP contribution is -2.57. The number of carbonyl (C=O) groups excluding carboxylic acids is 1. The molecule has 6 atom stereocenters. The second-order valence-corrected chi connectivity index (χ2v) is 5.74. The van der Waals surface area contributed by atoms with Crippen LogP contribution in [0.2, 0.25) is 0 Å². The molecule has 4 aliphatic rings. The number of hydrogen-bond donors (Lipinski definition) is 0. The quantitative estimate of drug-likeness (QED) is 0.456. The molecule has 0 amide bonds. The van der Waals surface area contributed by atoms with E-state index >= 15 is 0 Å². The fourth-order valence-electron chi connectivity index (χ4n) is 5.37. The van der Waals surface area contributed by atoms with Crippen molar-refractivity contribution in [1.29, 1.82) is 0 Å². The molecule has 0 radical (unpaired) electrons. The lowest BCUT2D eigenvalue weighted by Gasteiger charge is -2.57. The molecule has 0 heterocycles. The molecule has 4 rings (SSSR count). The third-order valence-electron chi connectivity index (χ3n) is 5.67. The first-order chi connectivity index (χ1) is 6.88. The summed E-state index contributed by atoms with van der Waals surface area (Å²) in [6, 6.07) is 0. The van der Waals surface area contributed by atoms with Gasteiger partial charge < -0.3 is 4.79 Å². The van der Waals surface area contributed by atoms with E-state index in [9.17, 15) is 4.79 Å². The van der Waals surface area contributed by atoms with Crippen LogP contribution in [0.15, 0.2) is 12.2 Å². The standard InChI is InChI=1S/C13H16O/c14-7-13-9-5-4-8(6-9)12(13)10-2-1-3-11(10)13/h4-5,7-12H,1-3,6H2/t8-,9+,10+,11-,12-,13+/m0/s1. The summed E-state index contributed by atoms with van der Waals surface area (Å²) in [7, 11) is 0. The third kappa shape index (κ3) is 0.550. The van der Waals surface area contributed by atoms with Crippen molar-refractivity contribution in [1.82, 2.24) is 0 Å². The number of aldehydes is 1. The van der Waals surface area contributed by atoms with Crippen LogP contribution in [0, 0.1) is 35.0 Å². The molecule has 0 aromatic carbocycles. The normalized spacial score (nSPS) is 62.1. The predicted octanol–water partition coefficient (Wildman–Crippen LogP) is 2.42. The van der Waals surface area contributed by atoms with Gasteiger partial charge in [0.2, 0.25) is 0 Å². The maximum absolute atomic E-state index is 11.5. The van der Waals surface area contributed by atoms with Gasteiger partial charge in [0.05, 0.1) is 0 Å². The van der Waals surface area contributed by atoms with Crippen LogP contribution in [0.5, 0.6) is 0 Å². The molecule has 0 aromatic rings. The summed E-state index contributed by atoms with van der Waals surface area (Å²) < 4.78 is 0. The number of rotatable bonds is 1. The lowest BCUT2D eigenvalue weighted by atomic mass is 9.45. The van der Waals surface area contributed by atoms with Crippen LogP contribution in [0.1, 0.15) is 25.7 Å². The van der Waals surface area contributed by atoms with Crippen LogP contribution in [-0.4, -0.2) is 6.29 Å². The highest BCUT2D eigenvalue weighted by Gasteiger charge is 2.71. The summed E-state index contributed by atoms with van der Waals surface area (Å²) in [5.41, 5.74) is 0.126. The van der Waals surface area contributed by atoms with E-state index < -0.39 is 0 Å². The first kappa shape index (κ1) is 7.67. The van der Waals surface area contributed by atoms with Gasteiger partial charge >= 0.3 is 0 Å². The van der Waals surface area contributed by atoms with Gasteiger partial charge in [0, 0.05) is 5.41 Å². The summed E-state index contributed by atoms with van der Waals surface area (Å²) in [5, 5.41) is 0. The van der Waals surface area contributed by atoms with Crippen LogP contribution >= 0.6 is 0 Å². The molecule has 0 unspecified atom stereocenters. The van der Waals surface area contributed by atoms with Crippen LogP contribution in [0.25, 0.3) is 0 Å². The Morgan fingerprint density at radius 2 is 2.21 bits per heavy atom. The molecule has 2 bridgehead atoms. The van der Waals surface area contributed by atoms with E-state index in [0.717, 1.165) is 23.7 Å². The van der Waals surface area contributed by atoms with Crippen molar-refractivity contribution in [3.63, 3.8) is 0 Å². The number of hydrogen-bond acceptors (Lipinski definition) is 1. The van der Waals surface area contributed by atoms with Gasteiger partial charge in [-0.05, 0) is 48.9 Å². The summed E-state index contributed by atoms with van der Waals surface area (Å²) in [6.45, 7) is 0. The van der Waals surface area contributed by atoms with E-state index in [2.05, 4.69) is 12.2 Å². The molecule has 0 saturated heterocycles. The average Bonchev–Trinajstić information content (AvgIpc) is 2.82. The number of carbonyl (C=O) groups is 1. The molecule has 0 aromatic heterocycles. The molecule has 14 heavy (non-hydrogen) atoms. The molecule has 3 saturated carbocycles. The largest absolute Gasteiger partial charge is 0.303 e. The highest BCUT2D eigenvalue weighted by molar-refractivity contribution is 5.67. The second kappa shape index (κ2) is 2.15. The zero-order valence-corrected chi connectivity index (χ0v) is 8.36. The van der Waals surface area contributed by atoms with Crippen LogP contribution in [0.4, 0.5) is 0 Å². The van der Waals surface area contributed by atoms with E-state index in [1.54, 1.807) is 0 Å². The van der Waals surface area contributed by atoms with Crippen LogP contribution in [0.3, 0.4) is 0 Å². The zero-order chi connectivity index (χ0) is 9.34. The maximum Gasteiger partial charge on any atom is 0.127 e. The van der Waals surface area contributed by atoms with Crippen LogP contribution in [-0.2, 0) is 4.79 Å². The van der Waals surface area contributed by atoms with Crippen molar-refractivity contribution in [3.05, 3.63) is 12.2 Å². The molecule has 0 aliphatic heterocycles. The Morgan fingerprint density at radius 3 is 3.07 bits per heavy atom. The van der Waals surface area contributed by atoms with Crippen molar-refractivity contribution in [2.45, 2.75) is 25.7 Å². The Morgan fingerprint density at radius 1 is 1.29 bits per heavy atom. The van der Waals surface area contributed by atoms with E-state index in [1.165, 1.54) is 32.0 Å². The summed E-state index contributed by atoms with van der Waals surface area (Å²) in [4.78, 5) is 11.5. The summed E-state index contributed by atoms with van der Waals surface area (Å²) in [5.74, 6) is 3.83. The molecule has 0 spiro atoms. The number of allylic oxidation sites excluding steroid dienone is 2. The molecule has 4 aliphatic carbocycles. The van der Waals surface area contributed by atoms with Crippen molar-refractivity contribution in [2.24, 2.45) is 35.0 Å². The molecule has 74 valence electrons. The topological polar surface area (TPSA) is 17.1 Å². The van der Waals surface area contributed by atoms with Crippen molar-refractivity contribution in [3.8, 4) is 0 Å². The Kier molecular flexibility index (Phi) is 1.18. The van der Waals surface area contributed by atoms with E-state index in [0.29, 0.717) is 5.92 Å². The van der Waals surface area contributed by atoms with Crippen molar-refractivity contribution >= 4 is 6.29 Å².